The summed E-state index contributed by atoms with van der Waals surface area (Å²) in [7, 11) is 1.79. The van der Waals surface area contributed by atoms with Crippen molar-refractivity contribution in [3.05, 3.63) is 56.7 Å². The van der Waals surface area contributed by atoms with E-state index in [9.17, 15) is 0 Å². The van der Waals surface area contributed by atoms with E-state index >= 15 is 0 Å². The number of benzene rings is 1. The Labute approximate surface area is 170 Å². The number of aryl methyl sites for hydroxylation is 1. The van der Waals surface area contributed by atoms with Gasteiger partial charge in [0.05, 0.1) is 19.3 Å². The van der Waals surface area contributed by atoms with Crippen LogP contribution in [0.3, 0.4) is 0 Å². The molecule has 146 valence electrons. The molecule has 0 bridgehead atoms. The fourth-order valence-corrected chi connectivity index (χ4v) is 4.38. The summed E-state index contributed by atoms with van der Waals surface area (Å²) in [5.74, 6) is 0.779. The molecule has 2 N–H and O–H groups in total. The lowest BCUT2D eigenvalue weighted by atomic mass is 10.2. The molecule has 0 amide bonds. The number of hydrogen-bond donors (Lipinski definition) is 2. The summed E-state index contributed by atoms with van der Waals surface area (Å²) in [6.45, 7) is 7.08. The Morgan fingerprint density at radius 3 is 2.67 bits per heavy atom. The standard InChI is InChI=1S/C20H27ClN4OS/c1-15-7-8-19(27-15)18(25-9-11-26-12-10-25)14-24-20(22-2)23-13-16-5-3-4-6-17(16)21/h3-8,18H,9-14H2,1-2H3,(H2,22,23,24). The van der Waals surface area contributed by atoms with Crippen LogP contribution in [0.25, 0.3) is 0 Å². The molecule has 0 saturated carbocycles. The average molecular weight is 407 g/mol. The van der Waals surface area contributed by atoms with Gasteiger partial charge in [-0.1, -0.05) is 29.8 Å². The van der Waals surface area contributed by atoms with Gasteiger partial charge in [0.25, 0.3) is 0 Å². The molecule has 27 heavy (non-hydrogen) atoms. The fraction of sp³-hybridized carbons (Fsp3) is 0.450. The summed E-state index contributed by atoms with van der Waals surface area (Å²) in [4.78, 5) is 9.57. The first-order valence-electron chi connectivity index (χ1n) is 9.23. The molecular weight excluding hydrogens is 380 g/mol. The van der Waals surface area contributed by atoms with Crippen LogP contribution in [0.15, 0.2) is 41.4 Å². The Morgan fingerprint density at radius 2 is 2.00 bits per heavy atom. The summed E-state index contributed by atoms with van der Waals surface area (Å²) >= 11 is 8.11. The van der Waals surface area contributed by atoms with Crippen molar-refractivity contribution in [1.82, 2.24) is 15.5 Å². The van der Waals surface area contributed by atoms with Crippen molar-refractivity contribution < 1.29 is 4.74 Å². The van der Waals surface area contributed by atoms with Gasteiger partial charge in [-0.05, 0) is 30.7 Å². The lowest BCUT2D eigenvalue weighted by Crippen LogP contribution is -2.46. The minimum absolute atomic E-state index is 0.312. The van der Waals surface area contributed by atoms with Gasteiger partial charge in [0.2, 0.25) is 0 Å². The topological polar surface area (TPSA) is 48.9 Å². The molecule has 1 atom stereocenters. The fourth-order valence-electron chi connectivity index (χ4n) is 3.17. The van der Waals surface area contributed by atoms with Gasteiger partial charge in [0.1, 0.15) is 0 Å². The normalized spacial score (nSPS) is 16.9. The molecule has 1 fully saturated rings. The van der Waals surface area contributed by atoms with E-state index in [1.54, 1.807) is 7.05 Å². The van der Waals surface area contributed by atoms with Crippen LogP contribution in [-0.2, 0) is 11.3 Å². The maximum absolute atomic E-state index is 6.24. The molecule has 2 aromatic rings. The molecule has 7 heteroatoms. The summed E-state index contributed by atoms with van der Waals surface area (Å²) in [5, 5.41) is 7.60. The van der Waals surface area contributed by atoms with E-state index in [1.165, 1.54) is 9.75 Å². The first-order valence-corrected chi connectivity index (χ1v) is 10.4. The van der Waals surface area contributed by atoms with Gasteiger partial charge in [-0.15, -0.1) is 11.3 Å². The predicted molar refractivity (Wildman–Crippen MR) is 114 cm³/mol. The van der Waals surface area contributed by atoms with E-state index in [1.807, 2.05) is 35.6 Å². The Balaban J connectivity index is 1.61. The number of rotatable bonds is 6. The zero-order valence-electron chi connectivity index (χ0n) is 15.9. The lowest BCUT2D eigenvalue weighted by Gasteiger charge is -2.34. The van der Waals surface area contributed by atoms with Crippen molar-refractivity contribution >= 4 is 28.9 Å². The number of halogens is 1. The highest BCUT2D eigenvalue weighted by Crippen LogP contribution is 2.27. The van der Waals surface area contributed by atoms with Gasteiger partial charge < -0.3 is 15.4 Å². The number of hydrogen-bond acceptors (Lipinski definition) is 4. The largest absolute Gasteiger partial charge is 0.379 e. The second kappa shape index (κ2) is 10.1. The van der Waals surface area contributed by atoms with E-state index < -0.39 is 0 Å². The quantitative estimate of drug-likeness (QED) is 0.569. The lowest BCUT2D eigenvalue weighted by molar-refractivity contribution is 0.0177. The van der Waals surface area contributed by atoms with Gasteiger partial charge in [-0.2, -0.15) is 0 Å². The number of morpholine rings is 1. The highest BCUT2D eigenvalue weighted by molar-refractivity contribution is 7.12. The molecule has 1 aliphatic rings. The van der Waals surface area contributed by atoms with Crippen molar-refractivity contribution in [3.8, 4) is 0 Å². The first-order chi connectivity index (χ1) is 13.2. The third-order valence-electron chi connectivity index (χ3n) is 4.67. The molecule has 0 radical (unpaired) electrons. The van der Waals surface area contributed by atoms with Crippen molar-refractivity contribution in [3.63, 3.8) is 0 Å². The van der Waals surface area contributed by atoms with Crippen LogP contribution in [0.1, 0.15) is 21.4 Å². The average Bonchev–Trinajstić information content (AvgIpc) is 3.12. The van der Waals surface area contributed by atoms with Crippen LogP contribution < -0.4 is 10.6 Å². The monoisotopic (exact) mass is 406 g/mol. The highest BCUT2D eigenvalue weighted by Gasteiger charge is 2.24. The van der Waals surface area contributed by atoms with Crippen molar-refractivity contribution in [1.29, 1.82) is 0 Å². The second-order valence-electron chi connectivity index (χ2n) is 6.51. The number of ether oxygens (including phenoxy) is 1. The third kappa shape index (κ3) is 5.69. The number of nitrogens with one attached hydrogen (secondary N) is 2. The van der Waals surface area contributed by atoms with Crippen molar-refractivity contribution in [2.24, 2.45) is 4.99 Å². The molecule has 5 nitrogen and oxygen atoms in total. The molecule has 0 aliphatic carbocycles. The molecule has 1 aromatic carbocycles. The van der Waals surface area contributed by atoms with E-state index in [2.05, 4.69) is 39.6 Å². The van der Waals surface area contributed by atoms with Crippen molar-refractivity contribution in [2.45, 2.75) is 19.5 Å². The van der Waals surface area contributed by atoms with Crippen LogP contribution in [-0.4, -0.2) is 50.8 Å². The molecule has 2 heterocycles. The maximum atomic E-state index is 6.24. The molecule has 1 aromatic heterocycles. The van der Waals surface area contributed by atoms with Gasteiger partial charge >= 0.3 is 0 Å². The molecule has 1 saturated heterocycles. The Morgan fingerprint density at radius 1 is 1.22 bits per heavy atom. The van der Waals surface area contributed by atoms with Crippen LogP contribution in [0, 0.1) is 6.92 Å². The summed E-state index contributed by atoms with van der Waals surface area (Å²) < 4.78 is 5.53. The summed E-state index contributed by atoms with van der Waals surface area (Å²) in [5.41, 5.74) is 1.06. The number of aliphatic imine (C=N–C) groups is 1. The minimum atomic E-state index is 0.312. The van der Waals surface area contributed by atoms with Crippen LogP contribution in [0.4, 0.5) is 0 Å². The summed E-state index contributed by atoms with van der Waals surface area (Å²) in [6, 6.07) is 12.6. The Kier molecular flexibility index (Phi) is 7.52. The van der Waals surface area contributed by atoms with Crippen LogP contribution >= 0.6 is 22.9 Å². The zero-order chi connectivity index (χ0) is 19.1. The molecule has 3 rings (SSSR count). The van der Waals surface area contributed by atoms with Crippen LogP contribution in [0.2, 0.25) is 5.02 Å². The third-order valence-corrected chi connectivity index (χ3v) is 6.14. The maximum Gasteiger partial charge on any atom is 0.191 e. The number of thiophene rings is 1. The Hall–Kier alpha value is -1.60. The van der Waals surface area contributed by atoms with Gasteiger partial charge in [-0.3, -0.25) is 9.89 Å². The van der Waals surface area contributed by atoms with Gasteiger partial charge in [-0.25, -0.2) is 0 Å². The second-order valence-corrected chi connectivity index (χ2v) is 8.24. The van der Waals surface area contributed by atoms with Gasteiger partial charge in [0.15, 0.2) is 5.96 Å². The number of nitrogens with zero attached hydrogens (tertiary/aromatic N) is 2. The zero-order valence-corrected chi connectivity index (χ0v) is 17.4. The summed E-state index contributed by atoms with van der Waals surface area (Å²) in [6.07, 6.45) is 0. The predicted octanol–water partition coefficient (Wildman–Crippen LogP) is 3.45. The smallest absolute Gasteiger partial charge is 0.191 e. The first kappa shape index (κ1) is 20.1. The van der Waals surface area contributed by atoms with Gasteiger partial charge in [0, 0.05) is 48.0 Å². The van der Waals surface area contributed by atoms with Crippen molar-refractivity contribution in [2.75, 3.05) is 39.9 Å². The number of guanidine groups is 1. The highest BCUT2D eigenvalue weighted by atomic mass is 35.5. The SMILES string of the molecule is CN=C(NCc1ccccc1Cl)NCC(c1ccc(C)s1)N1CCOCC1. The minimum Gasteiger partial charge on any atom is -0.379 e. The van der Waals surface area contributed by atoms with E-state index in [4.69, 9.17) is 16.3 Å². The van der Waals surface area contributed by atoms with E-state index in [0.29, 0.717) is 12.6 Å². The van der Waals surface area contributed by atoms with E-state index in [0.717, 1.165) is 49.4 Å². The molecule has 1 aliphatic heterocycles. The molecule has 0 spiro atoms. The molecular formula is C20H27ClN4OS. The van der Waals surface area contributed by atoms with Crippen LogP contribution in [0.5, 0.6) is 0 Å². The molecule has 1 unspecified atom stereocenters. The van der Waals surface area contributed by atoms with E-state index in [-0.39, 0.29) is 0 Å². The Bertz CT molecular complexity index is 758.